The molecule has 0 saturated heterocycles. The summed E-state index contributed by atoms with van der Waals surface area (Å²) in [6, 6.07) is 4.54. The van der Waals surface area contributed by atoms with Crippen molar-refractivity contribution < 1.29 is 30.9 Å². The standard InChI is InChI=1S/C11H5Cl2F3O4S/c12-9-5-2-4-8(20-21(18,19)11(14,15)16)10(13)6(5)1-3-7(9)17/h1-4,17H. The van der Waals surface area contributed by atoms with E-state index in [0.717, 1.165) is 6.07 Å². The van der Waals surface area contributed by atoms with E-state index in [0.29, 0.717) is 0 Å². The molecule has 0 aliphatic rings. The highest BCUT2D eigenvalue weighted by Gasteiger charge is 2.48. The van der Waals surface area contributed by atoms with Crippen molar-refractivity contribution in [3.8, 4) is 11.5 Å². The average molecular weight is 361 g/mol. The Bertz CT molecular complexity index is 818. The molecular weight excluding hydrogens is 356 g/mol. The number of phenols is 1. The largest absolute Gasteiger partial charge is 0.534 e. The smallest absolute Gasteiger partial charge is 0.506 e. The minimum Gasteiger partial charge on any atom is -0.506 e. The van der Waals surface area contributed by atoms with E-state index in [2.05, 4.69) is 4.18 Å². The van der Waals surface area contributed by atoms with Crippen molar-refractivity contribution in [1.29, 1.82) is 0 Å². The number of rotatable bonds is 2. The van der Waals surface area contributed by atoms with Gasteiger partial charge >= 0.3 is 15.6 Å². The van der Waals surface area contributed by atoms with Crippen LogP contribution in [0.2, 0.25) is 10.0 Å². The van der Waals surface area contributed by atoms with Gasteiger partial charge in [0.1, 0.15) is 5.75 Å². The predicted octanol–water partition coefficient (Wildman–Crippen LogP) is 4.08. The van der Waals surface area contributed by atoms with Crippen LogP contribution < -0.4 is 4.18 Å². The molecule has 0 unspecified atom stereocenters. The maximum absolute atomic E-state index is 12.3. The molecule has 0 saturated carbocycles. The molecule has 2 aromatic rings. The van der Waals surface area contributed by atoms with Crippen LogP contribution >= 0.6 is 23.2 Å². The van der Waals surface area contributed by atoms with E-state index < -0.39 is 21.4 Å². The fraction of sp³-hybridized carbons (Fsp3) is 0.0909. The third-order valence-corrected chi connectivity index (χ3v) is 4.25. The van der Waals surface area contributed by atoms with Crippen LogP contribution in [0.4, 0.5) is 13.2 Å². The second-order valence-electron chi connectivity index (χ2n) is 3.85. The van der Waals surface area contributed by atoms with Crippen molar-refractivity contribution in [2.24, 2.45) is 0 Å². The molecule has 0 aliphatic heterocycles. The minimum absolute atomic E-state index is 0.0698. The van der Waals surface area contributed by atoms with Gasteiger partial charge in [-0.2, -0.15) is 21.6 Å². The quantitative estimate of drug-likeness (QED) is 0.647. The molecule has 21 heavy (non-hydrogen) atoms. The molecule has 0 fully saturated rings. The molecule has 0 aliphatic carbocycles. The van der Waals surface area contributed by atoms with E-state index in [1.54, 1.807) is 0 Å². The van der Waals surface area contributed by atoms with Crippen LogP contribution in [0.1, 0.15) is 0 Å². The third-order valence-electron chi connectivity index (χ3n) is 2.50. The van der Waals surface area contributed by atoms with Crippen molar-refractivity contribution in [2.75, 3.05) is 0 Å². The zero-order valence-electron chi connectivity index (χ0n) is 9.78. The zero-order chi connectivity index (χ0) is 16.0. The molecule has 114 valence electrons. The Kier molecular flexibility index (Phi) is 3.90. The summed E-state index contributed by atoms with van der Waals surface area (Å²) in [6.07, 6.45) is 0. The van der Waals surface area contributed by atoms with Crippen LogP contribution in [0, 0.1) is 0 Å². The van der Waals surface area contributed by atoms with E-state index in [1.165, 1.54) is 18.2 Å². The Morgan fingerprint density at radius 2 is 1.52 bits per heavy atom. The molecule has 0 bridgehead atoms. The average Bonchev–Trinajstić information content (AvgIpc) is 2.35. The maximum atomic E-state index is 12.3. The van der Waals surface area contributed by atoms with Crippen molar-refractivity contribution in [3.63, 3.8) is 0 Å². The van der Waals surface area contributed by atoms with Gasteiger partial charge in [-0.15, -0.1) is 0 Å². The normalized spacial score (nSPS) is 12.6. The van der Waals surface area contributed by atoms with Gasteiger partial charge in [0.05, 0.1) is 10.0 Å². The summed E-state index contributed by atoms with van der Waals surface area (Å²) in [7, 11) is -5.83. The van der Waals surface area contributed by atoms with Crippen LogP contribution in [-0.2, 0) is 10.1 Å². The lowest BCUT2D eigenvalue weighted by atomic mass is 10.1. The summed E-state index contributed by atoms with van der Waals surface area (Å²) < 4.78 is 62.7. The van der Waals surface area contributed by atoms with Gasteiger partial charge in [-0.05, 0) is 24.3 Å². The molecule has 1 N–H and O–H groups in total. The van der Waals surface area contributed by atoms with E-state index in [-0.39, 0.29) is 26.6 Å². The Labute approximate surface area is 126 Å². The number of alkyl halides is 3. The molecule has 0 amide bonds. The molecule has 0 atom stereocenters. The molecule has 4 nitrogen and oxygen atoms in total. The number of phenolic OH excluding ortho intramolecular Hbond substituents is 1. The van der Waals surface area contributed by atoms with E-state index >= 15 is 0 Å². The third kappa shape index (κ3) is 2.83. The van der Waals surface area contributed by atoms with Gasteiger partial charge in [0, 0.05) is 10.8 Å². The number of hydrogen-bond donors (Lipinski definition) is 1. The first-order valence-corrected chi connectivity index (χ1v) is 7.31. The van der Waals surface area contributed by atoms with Crippen molar-refractivity contribution in [2.45, 2.75) is 5.51 Å². The predicted molar refractivity (Wildman–Crippen MR) is 71.2 cm³/mol. The Balaban J connectivity index is 2.59. The summed E-state index contributed by atoms with van der Waals surface area (Å²) in [4.78, 5) is 0. The van der Waals surface area contributed by atoms with E-state index in [9.17, 15) is 26.7 Å². The number of halogens is 5. The molecule has 0 spiro atoms. The Morgan fingerprint density at radius 3 is 2.10 bits per heavy atom. The molecule has 10 heteroatoms. The van der Waals surface area contributed by atoms with Gasteiger partial charge < -0.3 is 9.29 Å². The minimum atomic E-state index is -5.83. The van der Waals surface area contributed by atoms with Gasteiger partial charge in [0.2, 0.25) is 0 Å². The highest BCUT2D eigenvalue weighted by Crippen LogP contribution is 2.40. The molecule has 0 aromatic heterocycles. The summed E-state index contributed by atoms with van der Waals surface area (Å²) in [5.41, 5.74) is -5.57. The highest BCUT2D eigenvalue weighted by molar-refractivity contribution is 7.88. The SMILES string of the molecule is O=S(=O)(Oc1ccc2c(Cl)c(O)ccc2c1Cl)C(F)(F)F. The van der Waals surface area contributed by atoms with Crippen LogP contribution in [0.3, 0.4) is 0 Å². The van der Waals surface area contributed by atoms with Crippen LogP contribution in [-0.4, -0.2) is 19.0 Å². The molecule has 2 aromatic carbocycles. The lowest BCUT2D eigenvalue weighted by Crippen LogP contribution is -2.28. The second kappa shape index (κ2) is 5.11. The van der Waals surface area contributed by atoms with Gasteiger partial charge in [-0.3, -0.25) is 0 Å². The Morgan fingerprint density at radius 1 is 1.00 bits per heavy atom. The fourth-order valence-corrected chi connectivity index (χ4v) is 2.54. The lowest BCUT2D eigenvalue weighted by molar-refractivity contribution is -0.0500. The molecule has 0 heterocycles. The van der Waals surface area contributed by atoms with E-state index in [4.69, 9.17) is 23.2 Å². The lowest BCUT2D eigenvalue weighted by Gasteiger charge is -2.12. The summed E-state index contributed by atoms with van der Waals surface area (Å²) in [5, 5.41) is 9.35. The van der Waals surface area contributed by atoms with Crippen molar-refractivity contribution in [3.05, 3.63) is 34.3 Å². The molecule has 0 radical (unpaired) electrons. The van der Waals surface area contributed by atoms with Crippen LogP contribution in [0.25, 0.3) is 10.8 Å². The number of aromatic hydroxyl groups is 1. The molecule has 2 rings (SSSR count). The van der Waals surface area contributed by atoms with Crippen molar-refractivity contribution in [1.82, 2.24) is 0 Å². The number of benzene rings is 2. The second-order valence-corrected chi connectivity index (χ2v) is 6.15. The van der Waals surface area contributed by atoms with Crippen LogP contribution in [0.5, 0.6) is 11.5 Å². The first kappa shape index (κ1) is 16.0. The topological polar surface area (TPSA) is 63.6 Å². The maximum Gasteiger partial charge on any atom is 0.534 e. The van der Waals surface area contributed by atoms with Gasteiger partial charge in [0.25, 0.3) is 0 Å². The van der Waals surface area contributed by atoms with Gasteiger partial charge in [-0.25, -0.2) is 0 Å². The Hall–Kier alpha value is -1.38. The van der Waals surface area contributed by atoms with Crippen LogP contribution in [0.15, 0.2) is 24.3 Å². The van der Waals surface area contributed by atoms with Gasteiger partial charge in [-0.1, -0.05) is 23.2 Å². The monoisotopic (exact) mass is 360 g/mol. The van der Waals surface area contributed by atoms with Gasteiger partial charge in [0.15, 0.2) is 5.75 Å². The summed E-state index contributed by atoms with van der Waals surface area (Å²) in [5.74, 6) is -0.944. The highest BCUT2D eigenvalue weighted by atomic mass is 35.5. The summed E-state index contributed by atoms with van der Waals surface area (Å²) in [6.45, 7) is 0. The first-order chi connectivity index (χ1) is 9.54. The fourth-order valence-electron chi connectivity index (χ4n) is 1.53. The zero-order valence-corrected chi connectivity index (χ0v) is 12.1. The van der Waals surface area contributed by atoms with E-state index in [1.807, 2.05) is 0 Å². The molecular formula is C11H5Cl2F3O4S. The number of hydrogen-bond acceptors (Lipinski definition) is 4. The first-order valence-electron chi connectivity index (χ1n) is 5.15. The van der Waals surface area contributed by atoms with Crippen molar-refractivity contribution >= 4 is 44.1 Å². The number of fused-ring (bicyclic) bond motifs is 1. The summed E-state index contributed by atoms with van der Waals surface area (Å²) >= 11 is 11.6.